The molecule has 1 aromatic heterocycles. The number of likely N-dealkylation sites (tertiary alicyclic amines) is 1. The number of piperidine rings is 1. The summed E-state index contributed by atoms with van der Waals surface area (Å²) < 4.78 is 0. The van der Waals surface area contributed by atoms with Crippen molar-refractivity contribution in [2.24, 2.45) is 0 Å². The smallest absolute Gasteiger partial charge is 0.326 e. The van der Waals surface area contributed by atoms with Crippen molar-refractivity contribution in [3.63, 3.8) is 0 Å². The number of aliphatic carboxylic acids is 1. The highest BCUT2D eigenvalue weighted by Crippen LogP contribution is 2.18. The van der Waals surface area contributed by atoms with Crippen LogP contribution in [0.4, 0.5) is 0 Å². The van der Waals surface area contributed by atoms with Gasteiger partial charge in [-0.1, -0.05) is 0 Å². The van der Waals surface area contributed by atoms with Gasteiger partial charge in [0.05, 0.1) is 10.7 Å². The van der Waals surface area contributed by atoms with Gasteiger partial charge < -0.3 is 10.0 Å². The van der Waals surface area contributed by atoms with E-state index in [1.807, 2.05) is 12.3 Å². The first kappa shape index (κ1) is 13.7. The van der Waals surface area contributed by atoms with Crippen LogP contribution in [0.2, 0.25) is 0 Å². The summed E-state index contributed by atoms with van der Waals surface area (Å²) in [4.78, 5) is 28.8. The van der Waals surface area contributed by atoms with Crippen molar-refractivity contribution < 1.29 is 14.7 Å². The Morgan fingerprint density at radius 2 is 2.32 bits per heavy atom. The van der Waals surface area contributed by atoms with Crippen molar-refractivity contribution in [2.45, 2.75) is 32.2 Å². The van der Waals surface area contributed by atoms with E-state index < -0.39 is 12.0 Å². The number of aromatic nitrogens is 1. The lowest BCUT2D eigenvalue weighted by atomic mass is 10.0. The molecule has 0 bridgehead atoms. The molecule has 0 spiro atoms. The van der Waals surface area contributed by atoms with Gasteiger partial charge in [0.1, 0.15) is 6.04 Å². The van der Waals surface area contributed by atoms with Crippen molar-refractivity contribution in [1.29, 1.82) is 0 Å². The molecule has 1 N–H and O–H groups in total. The predicted octanol–water partition coefficient (Wildman–Crippen LogP) is 1.93. The fraction of sp³-hybridized carbons (Fsp3) is 0.462. The standard InChI is InChI=1S/C13H16N2O3S/c1-9-14-10(8-19-9)5-6-12(16)15-7-3-2-4-11(15)13(17)18/h5-6,8,11H,2-4,7H2,1H3,(H,17,18). The summed E-state index contributed by atoms with van der Waals surface area (Å²) in [6.45, 7) is 2.41. The highest BCUT2D eigenvalue weighted by Gasteiger charge is 2.30. The zero-order valence-corrected chi connectivity index (χ0v) is 11.5. The molecule has 1 aliphatic rings. The van der Waals surface area contributed by atoms with Gasteiger partial charge in [-0.3, -0.25) is 4.79 Å². The molecule has 5 nitrogen and oxygen atoms in total. The number of carbonyl (C=O) groups excluding carboxylic acids is 1. The van der Waals surface area contributed by atoms with Crippen molar-refractivity contribution >= 4 is 29.3 Å². The lowest BCUT2D eigenvalue weighted by Gasteiger charge is -2.32. The van der Waals surface area contributed by atoms with Crippen LogP contribution in [0, 0.1) is 6.92 Å². The average molecular weight is 280 g/mol. The maximum absolute atomic E-state index is 12.0. The maximum Gasteiger partial charge on any atom is 0.326 e. The lowest BCUT2D eigenvalue weighted by molar-refractivity contribution is -0.150. The summed E-state index contributed by atoms with van der Waals surface area (Å²) in [5.74, 6) is -1.18. The van der Waals surface area contributed by atoms with Crippen molar-refractivity contribution in [2.75, 3.05) is 6.54 Å². The Morgan fingerprint density at radius 3 is 2.95 bits per heavy atom. The summed E-state index contributed by atoms with van der Waals surface area (Å²) in [5, 5.41) is 11.9. The second kappa shape index (κ2) is 5.97. The number of amides is 1. The number of rotatable bonds is 3. The number of carboxylic acid groups (broad SMARTS) is 1. The van der Waals surface area contributed by atoms with E-state index in [2.05, 4.69) is 4.98 Å². The third-order valence-corrected chi connectivity index (χ3v) is 3.90. The third-order valence-electron chi connectivity index (χ3n) is 3.10. The van der Waals surface area contributed by atoms with Crippen LogP contribution in [-0.2, 0) is 9.59 Å². The Balaban J connectivity index is 2.05. The van der Waals surface area contributed by atoms with Crippen LogP contribution in [0.25, 0.3) is 6.08 Å². The van der Waals surface area contributed by atoms with Crippen LogP contribution in [-0.4, -0.2) is 39.5 Å². The second-order valence-corrected chi connectivity index (χ2v) is 5.57. The molecule has 0 saturated carbocycles. The molecule has 1 atom stereocenters. The molecule has 1 unspecified atom stereocenters. The molecular weight excluding hydrogens is 264 g/mol. The van der Waals surface area contributed by atoms with Gasteiger partial charge >= 0.3 is 5.97 Å². The predicted molar refractivity (Wildman–Crippen MR) is 72.9 cm³/mol. The third kappa shape index (κ3) is 3.41. The van der Waals surface area contributed by atoms with Crippen molar-refractivity contribution in [3.8, 4) is 0 Å². The summed E-state index contributed by atoms with van der Waals surface area (Å²) >= 11 is 1.52. The molecule has 1 aliphatic heterocycles. The fourth-order valence-corrected chi connectivity index (χ4v) is 2.74. The normalized spacial score (nSPS) is 19.8. The number of hydrogen-bond acceptors (Lipinski definition) is 4. The maximum atomic E-state index is 12.0. The van der Waals surface area contributed by atoms with E-state index in [0.717, 1.165) is 23.5 Å². The van der Waals surface area contributed by atoms with E-state index in [0.29, 0.717) is 13.0 Å². The molecule has 1 fully saturated rings. The first-order valence-electron chi connectivity index (χ1n) is 6.21. The molecule has 2 heterocycles. The molecule has 19 heavy (non-hydrogen) atoms. The van der Waals surface area contributed by atoms with Crippen LogP contribution in [0.1, 0.15) is 30.0 Å². The molecule has 0 radical (unpaired) electrons. The molecule has 0 aromatic carbocycles. The first-order valence-corrected chi connectivity index (χ1v) is 7.09. The van der Waals surface area contributed by atoms with E-state index in [-0.39, 0.29) is 5.91 Å². The Kier molecular flexibility index (Phi) is 4.31. The summed E-state index contributed by atoms with van der Waals surface area (Å²) in [7, 11) is 0. The van der Waals surface area contributed by atoms with E-state index in [9.17, 15) is 9.59 Å². The van der Waals surface area contributed by atoms with Gasteiger partial charge in [0.2, 0.25) is 5.91 Å². The number of carboxylic acids is 1. The number of nitrogens with zero attached hydrogens (tertiary/aromatic N) is 2. The SMILES string of the molecule is Cc1nc(C=CC(=O)N2CCCCC2C(=O)O)cs1. The summed E-state index contributed by atoms with van der Waals surface area (Å²) in [6.07, 6.45) is 5.30. The van der Waals surface area contributed by atoms with Crippen LogP contribution in [0.15, 0.2) is 11.5 Å². The zero-order chi connectivity index (χ0) is 13.8. The Morgan fingerprint density at radius 1 is 1.53 bits per heavy atom. The quantitative estimate of drug-likeness (QED) is 0.859. The number of aryl methyl sites for hydroxylation is 1. The van der Waals surface area contributed by atoms with Crippen LogP contribution < -0.4 is 0 Å². The van der Waals surface area contributed by atoms with Crippen molar-refractivity contribution in [1.82, 2.24) is 9.88 Å². The number of thiazole rings is 1. The van der Waals surface area contributed by atoms with E-state index in [1.54, 1.807) is 6.08 Å². The second-order valence-electron chi connectivity index (χ2n) is 4.51. The minimum absolute atomic E-state index is 0.252. The summed E-state index contributed by atoms with van der Waals surface area (Å²) in [6, 6.07) is -0.692. The average Bonchev–Trinajstić information content (AvgIpc) is 2.81. The molecule has 6 heteroatoms. The number of hydrogen-bond donors (Lipinski definition) is 1. The molecular formula is C13H16N2O3S. The van der Waals surface area contributed by atoms with E-state index >= 15 is 0 Å². The molecule has 1 saturated heterocycles. The van der Waals surface area contributed by atoms with Crippen LogP contribution in [0.3, 0.4) is 0 Å². The largest absolute Gasteiger partial charge is 0.480 e. The zero-order valence-electron chi connectivity index (χ0n) is 10.7. The van der Waals surface area contributed by atoms with Gasteiger partial charge in [-0.05, 0) is 32.3 Å². The van der Waals surface area contributed by atoms with Crippen molar-refractivity contribution in [3.05, 3.63) is 22.2 Å². The van der Waals surface area contributed by atoms with Gasteiger partial charge in [-0.25, -0.2) is 9.78 Å². The molecule has 2 rings (SSSR count). The van der Waals surface area contributed by atoms with Gasteiger partial charge in [0, 0.05) is 18.0 Å². The molecule has 1 aromatic rings. The highest BCUT2D eigenvalue weighted by molar-refractivity contribution is 7.09. The van der Waals surface area contributed by atoms with Crippen LogP contribution >= 0.6 is 11.3 Å². The van der Waals surface area contributed by atoms with Gasteiger partial charge in [0.25, 0.3) is 0 Å². The van der Waals surface area contributed by atoms with Gasteiger partial charge in [-0.15, -0.1) is 11.3 Å². The van der Waals surface area contributed by atoms with Gasteiger partial charge in [-0.2, -0.15) is 0 Å². The summed E-state index contributed by atoms with van der Waals surface area (Å²) in [5.41, 5.74) is 0.736. The minimum Gasteiger partial charge on any atom is -0.480 e. The number of carbonyl (C=O) groups is 2. The molecule has 0 aliphatic carbocycles. The Hall–Kier alpha value is -1.69. The molecule has 102 valence electrons. The van der Waals surface area contributed by atoms with Gasteiger partial charge in [0.15, 0.2) is 0 Å². The molecule has 1 amide bonds. The first-order chi connectivity index (χ1) is 9.08. The minimum atomic E-state index is -0.925. The Bertz CT molecular complexity index is 510. The lowest BCUT2D eigenvalue weighted by Crippen LogP contribution is -2.47. The van der Waals surface area contributed by atoms with E-state index in [1.165, 1.54) is 22.3 Å². The van der Waals surface area contributed by atoms with E-state index in [4.69, 9.17) is 5.11 Å². The van der Waals surface area contributed by atoms with Crippen LogP contribution in [0.5, 0.6) is 0 Å². The monoisotopic (exact) mass is 280 g/mol. The fourth-order valence-electron chi connectivity index (χ4n) is 2.16. The topological polar surface area (TPSA) is 70.5 Å². The highest BCUT2D eigenvalue weighted by atomic mass is 32.1. The Labute approximate surface area is 115 Å².